The van der Waals surface area contributed by atoms with E-state index in [2.05, 4.69) is 16.7 Å². The molecule has 4 rings (SSSR count). The van der Waals surface area contributed by atoms with E-state index >= 15 is 0 Å². The molecule has 29 heavy (non-hydrogen) atoms. The van der Waals surface area contributed by atoms with Gasteiger partial charge < -0.3 is 0 Å². The molecule has 1 aliphatic heterocycles. The van der Waals surface area contributed by atoms with Crippen molar-refractivity contribution in [1.82, 2.24) is 18.7 Å². The number of aryl methyl sites for hydroxylation is 2. The molecule has 8 heteroatoms. The topological polar surface area (TPSA) is 77.4 Å². The summed E-state index contributed by atoms with van der Waals surface area (Å²) >= 11 is 0. The summed E-state index contributed by atoms with van der Waals surface area (Å²) in [6.45, 7) is 10.3. The number of hydrogen-bond acceptors (Lipinski definition) is 5. The molecule has 0 radical (unpaired) electrons. The molecule has 1 aliphatic rings. The lowest BCUT2D eigenvalue weighted by Gasteiger charge is -2.28. The van der Waals surface area contributed by atoms with E-state index in [1.165, 1.54) is 9.13 Å². The summed E-state index contributed by atoms with van der Waals surface area (Å²) < 4.78 is 4.58. The van der Waals surface area contributed by atoms with Crippen LogP contribution in [0.5, 0.6) is 0 Å². The van der Waals surface area contributed by atoms with Crippen LogP contribution in [0.2, 0.25) is 0 Å². The van der Waals surface area contributed by atoms with Crippen LogP contribution in [0.3, 0.4) is 0 Å². The lowest BCUT2D eigenvalue weighted by molar-refractivity contribution is 0.634. The Labute approximate surface area is 168 Å². The number of imidazole rings is 1. The zero-order chi connectivity index (χ0) is 20.9. The second kappa shape index (κ2) is 6.88. The highest BCUT2D eigenvalue weighted by molar-refractivity contribution is 5.91. The molecule has 0 N–H and O–H groups in total. The van der Waals surface area contributed by atoms with Crippen molar-refractivity contribution in [1.29, 1.82) is 0 Å². The fraction of sp³-hybridized carbons (Fsp3) is 0.333. The molecule has 150 valence electrons. The number of anilines is 1. The van der Waals surface area contributed by atoms with Gasteiger partial charge in [-0.05, 0) is 26.3 Å². The molecule has 0 saturated carbocycles. The molecular weight excluding hydrogens is 368 g/mol. The fourth-order valence-electron chi connectivity index (χ4n) is 3.64. The average molecular weight is 392 g/mol. The minimum Gasteiger partial charge on any atom is -0.294 e. The molecule has 0 aliphatic carbocycles. The minimum atomic E-state index is -0.390. The van der Waals surface area contributed by atoms with Crippen LogP contribution >= 0.6 is 0 Å². The Morgan fingerprint density at radius 2 is 1.86 bits per heavy atom. The molecule has 0 saturated heterocycles. The first kappa shape index (κ1) is 18.9. The molecule has 1 unspecified atom stereocenters. The van der Waals surface area contributed by atoms with E-state index in [4.69, 9.17) is 0 Å². The van der Waals surface area contributed by atoms with E-state index in [1.807, 2.05) is 49.6 Å². The quantitative estimate of drug-likeness (QED) is 0.638. The average Bonchev–Trinajstić information content (AvgIpc) is 3.10. The van der Waals surface area contributed by atoms with E-state index < -0.39 is 0 Å². The van der Waals surface area contributed by atoms with Gasteiger partial charge in [-0.25, -0.2) is 9.80 Å². The van der Waals surface area contributed by atoms with Crippen LogP contribution in [-0.4, -0.2) is 30.9 Å². The number of aromatic nitrogens is 4. The van der Waals surface area contributed by atoms with Gasteiger partial charge in [-0.1, -0.05) is 35.9 Å². The van der Waals surface area contributed by atoms with Crippen molar-refractivity contribution in [3.63, 3.8) is 0 Å². The predicted octanol–water partition coefficient (Wildman–Crippen LogP) is 2.20. The number of nitrogens with zero attached hydrogens (tertiary/aromatic N) is 6. The Morgan fingerprint density at radius 3 is 2.52 bits per heavy atom. The molecule has 1 atom stereocenters. The summed E-state index contributed by atoms with van der Waals surface area (Å²) in [6, 6.07) is 7.66. The molecule has 0 bridgehead atoms. The van der Waals surface area contributed by atoms with E-state index in [9.17, 15) is 9.59 Å². The van der Waals surface area contributed by atoms with Crippen LogP contribution in [0.25, 0.3) is 11.2 Å². The highest BCUT2D eigenvalue weighted by atomic mass is 16.2. The summed E-state index contributed by atoms with van der Waals surface area (Å²) in [4.78, 5) is 31.0. The molecule has 2 aromatic heterocycles. The second-order valence-electron chi connectivity index (χ2n) is 7.46. The largest absolute Gasteiger partial charge is 0.332 e. The third kappa shape index (κ3) is 2.91. The zero-order valence-electron chi connectivity index (χ0n) is 17.1. The monoisotopic (exact) mass is 392 g/mol. The van der Waals surface area contributed by atoms with Gasteiger partial charge in [0.05, 0.1) is 24.8 Å². The number of hydrazone groups is 1. The zero-order valence-corrected chi connectivity index (χ0v) is 17.1. The third-order valence-corrected chi connectivity index (χ3v) is 5.42. The summed E-state index contributed by atoms with van der Waals surface area (Å²) in [6.07, 6.45) is 1.73. The highest BCUT2D eigenvalue weighted by Crippen LogP contribution is 2.29. The summed E-state index contributed by atoms with van der Waals surface area (Å²) in [5.74, 6) is 0.540. The van der Waals surface area contributed by atoms with Crippen molar-refractivity contribution < 1.29 is 0 Å². The minimum absolute atomic E-state index is 0.144. The molecule has 3 aromatic rings. The molecule has 8 nitrogen and oxygen atoms in total. The maximum absolute atomic E-state index is 13.4. The standard InChI is InChI=1S/C21H24N6O2/c1-6-11-26-20-22-18-17(27(20)15(4)14(3)23-26)19(28)25(21(29)24(18)5)12-16-9-7-13(2)8-10-16/h6-10,15H,1,11-12H2,2-5H3. The normalized spacial score (nSPS) is 16.1. The van der Waals surface area contributed by atoms with Crippen molar-refractivity contribution in [2.24, 2.45) is 12.1 Å². The summed E-state index contributed by atoms with van der Waals surface area (Å²) in [5.41, 5.74) is 2.91. The Kier molecular flexibility index (Phi) is 4.49. The number of benzene rings is 1. The lowest BCUT2D eigenvalue weighted by atomic mass is 10.1. The predicted molar refractivity (Wildman–Crippen MR) is 115 cm³/mol. The van der Waals surface area contributed by atoms with Crippen molar-refractivity contribution >= 4 is 22.8 Å². The van der Waals surface area contributed by atoms with Crippen LogP contribution in [0.1, 0.15) is 31.0 Å². The Balaban J connectivity index is 1.98. The van der Waals surface area contributed by atoms with Crippen LogP contribution in [0, 0.1) is 6.92 Å². The van der Waals surface area contributed by atoms with Gasteiger partial charge in [0.25, 0.3) is 5.56 Å². The SMILES string of the molecule is C=CCN1N=C(C)C(C)n2c1nc1c2c(=O)n(Cc2ccc(C)cc2)c(=O)n1C. The first-order chi connectivity index (χ1) is 13.8. The summed E-state index contributed by atoms with van der Waals surface area (Å²) in [5, 5.41) is 6.27. The van der Waals surface area contributed by atoms with Crippen molar-refractivity contribution in [3.8, 4) is 0 Å². The van der Waals surface area contributed by atoms with Gasteiger partial charge in [-0.2, -0.15) is 10.1 Å². The molecular formula is C21H24N6O2. The van der Waals surface area contributed by atoms with Gasteiger partial charge in [0.15, 0.2) is 11.2 Å². The Morgan fingerprint density at radius 1 is 1.17 bits per heavy atom. The van der Waals surface area contributed by atoms with Crippen molar-refractivity contribution in [2.75, 3.05) is 11.6 Å². The first-order valence-electron chi connectivity index (χ1n) is 9.54. The second-order valence-corrected chi connectivity index (χ2v) is 7.46. The van der Waals surface area contributed by atoms with E-state index in [0.717, 1.165) is 16.8 Å². The van der Waals surface area contributed by atoms with Crippen molar-refractivity contribution in [3.05, 3.63) is 68.9 Å². The number of rotatable bonds is 4. The van der Waals surface area contributed by atoms with Crippen LogP contribution in [-0.2, 0) is 13.6 Å². The number of fused-ring (bicyclic) bond motifs is 3. The van der Waals surface area contributed by atoms with Gasteiger partial charge >= 0.3 is 5.69 Å². The molecule has 0 amide bonds. The maximum Gasteiger partial charge on any atom is 0.332 e. The summed E-state index contributed by atoms with van der Waals surface area (Å²) in [7, 11) is 1.64. The molecule has 0 fully saturated rings. The van der Waals surface area contributed by atoms with Crippen LogP contribution in [0.4, 0.5) is 5.95 Å². The molecule has 1 aromatic carbocycles. The number of hydrogen-bond donors (Lipinski definition) is 0. The van der Waals surface area contributed by atoms with E-state index in [0.29, 0.717) is 23.7 Å². The molecule has 3 heterocycles. The smallest absolute Gasteiger partial charge is 0.294 e. The van der Waals surface area contributed by atoms with Crippen molar-refractivity contribution in [2.45, 2.75) is 33.4 Å². The lowest BCUT2D eigenvalue weighted by Crippen LogP contribution is -2.40. The van der Waals surface area contributed by atoms with Gasteiger partial charge in [-0.15, -0.1) is 6.58 Å². The van der Waals surface area contributed by atoms with E-state index in [1.54, 1.807) is 18.1 Å². The maximum atomic E-state index is 13.4. The Bertz CT molecular complexity index is 1260. The third-order valence-electron chi connectivity index (χ3n) is 5.42. The Hall–Kier alpha value is -3.42. The van der Waals surface area contributed by atoms with Gasteiger partial charge in [0.1, 0.15) is 0 Å². The first-order valence-corrected chi connectivity index (χ1v) is 9.54. The van der Waals surface area contributed by atoms with Gasteiger partial charge in [-0.3, -0.25) is 18.5 Å². The van der Waals surface area contributed by atoms with Gasteiger partial charge in [0.2, 0.25) is 5.95 Å². The van der Waals surface area contributed by atoms with Crippen LogP contribution in [0.15, 0.2) is 51.6 Å². The molecule has 0 spiro atoms. The fourth-order valence-corrected chi connectivity index (χ4v) is 3.64. The van der Waals surface area contributed by atoms with Gasteiger partial charge in [0, 0.05) is 7.05 Å². The highest BCUT2D eigenvalue weighted by Gasteiger charge is 2.30. The van der Waals surface area contributed by atoms with E-state index in [-0.39, 0.29) is 23.8 Å². The van der Waals surface area contributed by atoms with Crippen LogP contribution < -0.4 is 16.3 Å².